The van der Waals surface area contributed by atoms with Crippen LogP contribution in [0.2, 0.25) is 0 Å². The predicted molar refractivity (Wildman–Crippen MR) is 55.4 cm³/mol. The molecule has 1 fully saturated rings. The first-order valence-corrected chi connectivity index (χ1v) is 6.70. The van der Waals surface area contributed by atoms with Gasteiger partial charge in [-0.2, -0.15) is 4.31 Å². The normalized spacial score (nSPS) is 25.1. The highest BCUT2D eigenvalue weighted by Crippen LogP contribution is 2.15. The van der Waals surface area contributed by atoms with E-state index in [1.54, 1.807) is 0 Å². The number of sulfonamides is 1. The van der Waals surface area contributed by atoms with Gasteiger partial charge in [-0.25, -0.2) is 8.42 Å². The monoisotopic (exact) mass is 221 g/mol. The zero-order valence-electron chi connectivity index (χ0n) is 8.81. The summed E-state index contributed by atoms with van der Waals surface area (Å²) in [7, 11) is -3.08. The van der Waals surface area contributed by atoms with Gasteiger partial charge < -0.3 is 5.11 Å². The Balaban J connectivity index is 2.58. The Hall–Kier alpha value is -0.130. The third-order valence-corrected chi connectivity index (χ3v) is 4.54. The molecule has 1 rings (SSSR count). The van der Waals surface area contributed by atoms with Crippen LogP contribution in [0.15, 0.2) is 0 Å². The second-order valence-electron chi connectivity index (χ2n) is 4.19. The Morgan fingerprint density at radius 1 is 1.36 bits per heavy atom. The number of rotatable bonds is 3. The average molecular weight is 221 g/mol. The highest BCUT2D eigenvalue weighted by atomic mass is 32.2. The van der Waals surface area contributed by atoms with Crippen molar-refractivity contribution in [2.75, 3.05) is 18.8 Å². The van der Waals surface area contributed by atoms with Gasteiger partial charge in [-0.15, -0.1) is 0 Å². The molecular weight excluding hydrogens is 202 g/mol. The van der Waals surface area contributed by atoms with Gasteiger partial charge in [0.15, 0.2) is 0 Å². The van der Waals surface area contributed by atoms with Crippen molar-refractivity contribution in [3.63, 3.8) is 0 Å². The molecule has 1 heterocycles. The van der Waals surface area contributed by atoms with E-state index in [0.717, 1.165) is 12.8 Å². The van der Waals surface area contributed by atoms with Gasteiger partial charge in [0.2, 0.25) is 10.0 Å². The quantitative estimate of drug-likeness (QED) is 0.752. The molecule has 1 saturated heterocycles. The van der Waals surface area contributed by atoms with Crippen molar-refractivity contribution in [3.05, 3.63) is 0 Å². The van der Waals surface area contributed by atoms with Crippen LogP contribution >= 0.6 is 0 Å². The molecule has 4 nitrogen and oxygen atoms in total. The van der Waals surface area contributed by atoms with Gasteiger partial charge >= 0.3 is 0 Å². The summed E-state index contributed by atoms with van der Waals surface area (Å²) in [5, 5.41) is 9.60. The topological polar surface area (TPSA) is 57.6 Å². The minimum atomic E-state index is -3.08. The Morgan fingerprint density at radius 3 is 2.50 bits per heavy atom. The fourth-order valence-electron chi connectivity index (χ4n) is 1.47. The first kappa shape index (κ1) is 11.9. The zero-order valence-corrected chi connectivity index (χ0v) is 9.63. The van der Waals surface area contributed by atoms with Crippen LogP contribution < -0.4 is 0 Å². The number of hydrogen-bond donors (Lipinski definition) is 1. The molecule has 0 radical (unpaired) electrons. The SMILES string of the molecule is CC(C)C(O)CN1CCCCS1(=O)=O. The van der Waals surface area contributed by atoms with Crippen molar-refractivity contribution < 1.29 is 13.5 Å². The molecule has 14 heavy (non-hydrogen) atoms. The molecule has 0 spiro atoms. The molecule has 84 valence electrons. The van der Waals surface area contributed by atoms with E-state index in [1.807, 2.05) is 13.8 Å². The van der Waals surface area contributed by atoms with Crippen LogP contribution in [0.3, 0.4) is 0 Å². The first-order chi connectivity index (χ1) is 6.43. The Labute approximate surface area is 86.0 Å². The Bertz CT molecular complexity index is 274. The fraction of sp³-hybridized carbons (Fsp3) is 1.00. The highest BCUT2D eigenvalue weighted by molar-refractivity contribution is 7.89. The van der Waals surface area contributed by atoms with Crippen molar-refractivity contribution in [1.82, 2.24) is 4.31 Å². The van der Waals surface area contributed by atoms with Gasteiger partial charge in [-0.1, -0.05) is 13.8 Å². The van der Waals surface area contributed by atoms with E-state index in [9.17, 15) is 13.5 Å². The molecule has 0 saturated carbocycles. The van der Waals surface area contributed by atoms with Crippen LogP contribution in [0.4, 0.5) is 0 Å². The smallest absolute Gasteiger partial charge is 0.214 e. The lowest BCUT2D eigenvalue weighted by Gasteiger charge is -2.29. The second kappa shape index (κ2) is 4.59. The van der Waals surface area contributed by atoms with Gasteiger partial charge in [0.25, 0.3) is 0 Å². The molecule has 0 aromatic carbocycles. The molecule has 0 amide bonds. The van der Waals surface area contributed by atoms with E-state index >= 15 is 0 Å². The van der Waals surface area contributed by atoms with E-state index in [0.29, 0.717) is 6.54 Å². The lowest BCUT2D eigenvalue weighted by atomic mass is 10.1. The number of hydrogen-bond acceptors (Lipinski definition) is 3. The lowest BCUT2D eigenvalue weighted by molar-refractivity contribution is 0.101. The third-order valence-electron chi connectivity index (χ3n) is 2.61. The summed E-state index contributed by atoms with van der Waals surface area (Å²) in [4.78, 5) is 0. The van der Waals surface area contributed by atoms with E-state index in [1.165, 1.54) is 4.31 Å². The molecule has 1 N–H and O–H groups in total. The Kier molecular flexibility index (Phi) is 3.92. The maximum Gasteiger partial charge on any atom is 0.214 e. The maximum absolute atomic E-state index is 11.6. The molecule has 0 aromatic rings. The fourth-order valence-corrected chi connectivity index (χ4v) is 3.08. The summed E-state index contributed by atoms with van der Waals surface area (Å²) < 4.78 is 24.5. The molecule has 0 bridgehead atoms. The summed E-state index contributed by atoms with van der Waals surface area (Å²) in [6.07, 6.45) is 1.10. The molecule has 0 aliphatic carbocycles. The predicted octanol–water partition coefficient (Wildman–Crippen LogP) is 0.429. The van der Waals surface area contributed by atoms with Crippen LogP contribution in [0.5, 0.6) is 0 Å². The van der Waals surface area contributed by atoms with Gasteiger partial charge in [-0.3, -0.25) is 0 Å². The number of β-amino-alcohol motifs (C(OH)–C–C–N with tert-alkyl or cyclic N) is 1. The van der Waals surface area contributed by atoms with Crippen molar-refractivity contribution in [3.8, 4) is 0 Å². The molecule has 0 aromatic heterocycles. The van der Waals surface area contributed by atoms with E-state index < -0.39 is 16.1 Å². The molecular formula is C9H19NO3S. The second-order valence-corrected chi connectivity index (χ2v) is 6.28. The summed E-state index contributed by atoms with van der Waals surface area (Å²) in [5.41, 5.74) is 0. The van der Waals surface area contributed by atoms with Crippen molar-refractivity contribution in [1.29, 1.82) is 0 Å². The van der Waals surface area contributed by atoms with Gasteiger partial charge in [0.05, 0.1) is 11.9 Å². The number of aliphatic hydroxyl groups excluding tert-OH is 1. The first-order valence-electron chi connectivity index (χ1n) is 5.09. The molecule has 1 aliphatic heterocycles. The van der Waals surface area contributed by atoms with Crippen LogP contribution in [-0.2, 0) is 10.0 Å². The Morgan fingerprint density at radius 2 is 2.00 bits per heavy atom. The highest BCUT2D eigenvalue weighted by Gasteiger charge is 2.28. The van der Waals surface area contributed by atoms with Crippen molar-refractivity contribution in [2.45, 2.75) is 32.8 Å². The molecule has 1 atom stereocenters. The van der Waals surface area contributed by atoms with E-state index in [-0.39, 0.29) is 18.2 Å². The van der Waals surface area contributed by atoms with E-state index in [2.05, 4.69) is 0 Å². The largest absolute Gasteiger partial charge is 0.391 e. The zero-order chi connectivity index (χ0) is 10.8. The molecule has 1 aliphatic rings. The van der Waals surface area contributed by atoms with Gasteiger partial charge in [0, 0.05) is 13.1 Å². The van der Waals surface area contributed by atoms with Crippen LogP contribution in [0.1, 0.15) is 26.7 Å². The standard InChI is InChI=1S/C9H19NO3S/c1-8(2)9(11)7-10-5-3-4-6-14(10,12)13/h8-9,11H,3-7H2,1-2H3. The average Bonchev–Trinajstić information content (AvgIpc) is 2.08. The summed E-state index contributed by atoms with van der Waals surface area (Å²) in [6, 6.07) is 0. The molecule has 5 heteroatoms. The van der Waals surface area contributed by atoms with Crippen LogP contribution in [-0.4, -0.2) is 42.8 Å². The van der Waals surface area contributed by atoms with Crippen molar-refractivity contribution >= 4 is 10.0 Å². The third kappa shape index (κ3) is 2.93. The van der Waals surface area contributed by atoms with E-state index in [4.69, 9.17) is 0 Å². The lowest BCUT2D eigenvalue weighted by Crippen LogP contribution is -2.43. The minimum Gasteiger partial charge on any atom is -0.391 e. The molecule has 1 unspecified atom stereocenters. The maximum atomic E-state index is 11.6. The summed E-state index contributed by atoms with van der Waals surface area (Å²) in [6.45, 7) is 4.59. The van der Waals surface area contributed by atoms with Crippen molar-refractivity contribution in [2.24, 2.45) is 5.92 Å². The summed E-state index contributed by atoms with van der Waals surface area (Å²) >= 11 is 0. The van der Waals surface area contributed by atoms with Crippen LogP contribution in [0, 0.1) is 5.92 Å². The minimum absolute atomic E-state index is 0.104. The van der Waals surface area contributed by atoms with Gasteiger partial charge in [0.1, 0.15) is 0 Å². The number of nitrogens with zero attached hydrogens (tertiary/aromatic N) is 1. The van der Waals surface area contributed by atoms with Gasteiger partial charge in [-0.05, 0) is 18.8 Å². The summed E-state index contributed by atoms with van der Waals surface area (Å²) in [5.74, 6) is 0.338. The van der Waals surface area contributed by atoms with Crippen LogP contribution in [0.25, 0.3) is 0 Å². The number of aliphatic hydroxyl groups is 1.